The molecular weight excluding hydrogens is 548 g/mol. The van der Waals surface area contributed by atoms with Crippen molar-refractivity contribution < 1.29 is 32.1 Å². The highest BCUT2D eigenvalue weighted by Gasteiger charge is 2.36. The lowest BCUT2D eigenvalue weighted by Crippen LogP contribution is -2.30. The third-order valence-electron chi connectivity index (χ3n) is 7.36. The highest BCUT2D eigenvalue weighted by molar-refractivity contribution is 7.85. The van der Waals surface area contributed by atoms with E-state index in [1.165, 1.54) is 0 Å². The molecule has 2 aliphatic carbocycles. The first-order valence-electron chi connectivity index (χ1n) is 13.7. The lowest BCUT2D eigenvalue weighted by molar-refractivity contribution is -0.151. The van der Waals surface area contributed by atoms with Crippen molar-refractivity contribution in [2.45, 2.75) is 71.8 Å². The van der Waals surface area contributed by atoms with Crippen LogP contribution in [0.4, 0.5) is 0 Å². The number of benzene rings is 1. The number of esters is 1. The quantitative estimate of drug-likeness (QED) is 0.364. The number of aromatic nitrogens is 2. The number of hydrogen-bond acceptors (Lipinski definition) is 8. The summed E-state index contributed by atoms with van der Waals surface area (Å²) in [5.41, 5.74) is 10.3. The Bertz CT molecular complexity index is 1400. The van der Waals surface area contributed by atoms with Crippen molar-refractivity contribution in [2.75, 3.05) is 26.9 Å². The summed E-state index contributed by atoms with van der Waals surface area (Å²) < 4.78 is 33.4. The van der Waals surface area contributed by atoms with Crippen molar-refractivity contribution >= 4 is 27.8 Å². The maximum Gasteiger partial charge on any atom is 0.320 e. The van der Waals surface area contributed by atoms with Gasteiger partial charge in [0.2, 0.25) is 5.91 Å². The number of carbonyl (C=O) groups excluding carboxylic acids is 3. The van der Waals surface area contributed by atoms with E-state index in [9.17, 15) is 22.8 Å². The van der Waals surface area contributed by atoms with Crippen molar-refractivity contribution in [3.05, 3.63) is 46.3 Å². The smallest absolute Gasteiger partial charge is 0.320 e. The molecular formula is C29H42N4O7S. The van der Waals surface area contributed by atoms with Crippen molar-refractivity contribution in [3.8, 4) is 5.69 Å². The largest absolute Gasteiger partial charge is 0.461 e. The van der Waals surface area contributed by atoms with Gasteiger partial charge in [0.15, 0.2) is 5.78 Å². The summed E-state index contributed by atoms with van der Waals surface area (Å²) in [5, 5.41) is 4.73. The molecule has 1 aromatic carbocycles. The van der Waals surface area contributed by atoms with Gasteiger partial charge in [0.25, 0.3) is 10.1 Å². The van der Waals surface area contributed by atoms with Gasteiger partial charge in [-0.25, -0.2) is 4.68 Å². The fraction of sp³-hybridized carbons (Fsp3) is 0.586. The average Bonchev–Trinajstić information content (AvgIpc) is 3.13. The number of Topliss-reactive ketones (excluding diaryl/α,β-unsaturated/α-hetero) is 1. The van der Waals surface area contributed by atoms with E-state index in [0.717, 1.165) is 66.7 Å². The average molecular weight is 591 g/mol. The third-order valence-corrected chi connectivity index (χ3v) is 7.36. The number of aryl methyl sites for hydroxylation is 1. The predicted octanol–water partition coefficient (Wildman–Crippen LogP) is 3.14. The molecule has 1 fully saturated rings. The number of ketones is 1. The minimum Gasteiger partial charge on any atom is -0.461 e. The predicted molar refractivity (Wildman–Crippen MR) is 155 cm³/mol. The van der Waals surface area contributed by atoms with Crippen LogP contribution < -0.4 is 5.73 Å². The van der Waals surface area contributed by atoms with Crippen molar-refractivity contribution in [1.29, 1.82) is 0 Å². The normalized spacial score (nSPS) is 20.1. The number of ether oxygens (including phenoxy) is 1. The zero-order chi connectivity index (χ0) is 30.7. The van der Waals surface area contributed by atoms with Gasteiger partial charge < -0.3 is 10.5 Å². The summed E-state index contributed by atoms with van der Waals surface area (Å²) in [6, 6.07) is 5.65. The summed E-state index contributed by atoms with van der Waals surface area (Å²) in [5.74, 6) is -0.123. The van der Waals surface area contributed by atoms with E-state index in [-0.39, 0.29) is 29.8 Å². The molecule has 3 N–H and O–H groups in total. The molecule has 11 nitrogen and oxygen atoms in total. The monoisotopic (exact) mass is 590 g/mol. The number of fused-ring (bicyclic) bond motifs is 1. The molecule has 1 aromatic heterocycles. The molecule has 0 bridgehead atoms. The summed E-state index contributed by atoms with van der Waals surface area (Å²) in [6.07, 6.45) is 6.14. The van der Waals surface area contributed by atoms with Gasteiger partial charge in [-0.3, -0.25) is 23.8 Å². The Kier molecular flexibility index (Phi) is 10.1. The van der Waals surface area contributed by atoms with Gasteiger partial charge in [-0.2, -0.15) is 13.5 Å². The van der Waals surface area contributed by atoms with Gasteiger partial charge in [0, 0.05) is 12.0 Å². The van der Waals surface area contributed by atoms with Crippen LogP contribution in [0.3, 0.4) is 0 Å². The van der Waals surface area contributed by atoms with E-state index < -0.39 is 16.0 Å². The Hall–Kier alpha value is -3.09. The molecule has 2 aliphatic rings. The Morgan fingerprint density at radius 1 is 1.17 bits per heavy atom. The molecule has 0 unspecified atom stereocenters. The molecule has 12 heteroatoms. The van der Waals surface area contributed by atoms with Crippen LogP contribution in [0.25, 0.3) is 5.69 Å². The lowest BCUT2D eigenvalue weighted by Gasteiger charge is -2.30. The number of likely N-dealkylation sites (N-methyl/N-ethyl adjacent to an activating group) is 1. The van der Waals surface area contributed by atoms with Crippen molar-refractivity contribution in [2.24, 2.45) is 17.1 Å². The van der Waals surface area contributed by atoms with E-state index in [2.05, 4.69) is 13.8 Å². The van der Waals surface area contributed by atoms with Gasteiger partial charge in [-0.05, 0) is 94.6 Å². The summed E-state index contributed by atoms with van der Waals surface area (Å²) in [7, 11) is 0.0312. The van der Waals surface area contributed by atoms with E-state index in [1.54, 1.807) is 11.0 Å². The van der Waals surface area contributed by atoms with Crippen LogP contribution in [0.15, 0.2) is 18.2 Å². The van der Waals surface area contributed by atoms with Crippen molar-refractivity contribution in [1.82, 2.24) is 14.7 Å². The third kappa shape index (κ3) is 9.20. The number of carbonyl (C=O) groups is 3. The van der Waals surface area contributed by atoms with Crippen LogP contribution in [-0.4, -0.2) is 78.3 Å². The number of nitrogens with zero attached hydrogens (tertiary/aromatic N) is 3. The molecule has 0 spiro atoms. The number of hydrogen-bond donors (Lipinski definition) is 2. The first-order chi connectivity index (χ1) is 18.9. The second-order valence-corrected chi connectivity index (χ2v) is 13.7. The van der Waals surface area contributed by atoms with E-state index in [0.29, 0.717) is 24.2 Å². The van der Waals surface area contributed by atoms with Gasteiger partial charge in [0.05, 0.1) is 35.4 Å². The lowest BCUT2D eigenvalue weighted by atomic mass is 9.75. The van der Waals surface area contributed by atoms with E-state index >= 15 is 0 Å². The molecule has 2 aromatic rings. The standard InChI is InChI=1S/C28H38N4O4.CH4O3S/c1-17-26-23(14-28(2,3)15-24(26)33)32(30-17)20-8-11-22(27(29)35)19(13-20)12-18-6-9-21(10-7-18)36-25(34)16-31(4)5;1-5(2,3)4/h8,11,13,18,21H,6-7,9-10,12,14-16H2,1-5H3,(H2,29,35);1H3,(H,2,3,4). The zero-order valence-corrected chi connectivity index (χ0v) is 25.6. The van der Waals surface area contributed by atoms with Crippen LogP contribution in [0.2, 0.25) is 0 Å². The molecule has 1 heterocycles. The Balaban J connectivity index is 0.000000850. The van der Waals surface area contributed by atoms with Crippen LogP contribution in [0.5, 0.6) is 0 Å². The fourth-order valence-electron chi connectivity index (χ4n) is 5.72. The minimum atomic E-state index is -3.67. The molecule has 0 aliphatic heterocycles. The molecule has 4 rings (SSSR count). The Morgan fingerprint density at radius 2 is 1.78 bits per heavy atom. The van der Waals surface area contributed by atoms with Gasteiger partial charge in [-0.15, -0.1) is 0 Å². The highest BCUT2D eigenvalue weighted by Crippen LogP contribution is 2.37. The second kappa shape index (κ2) is 12.8. The van der Waals surface area contributed by atoms with Gasteiger partial charge in [0.1, 0.15) is 6.10 Å². The maximum absolute atomic E-state index is 12.8. The Labute approximate surface area is 242 Å². The summed E-state index contributed by atoms with van der Waals surface area (Å²) in [6.45, 7) is 6.38. The van der Waals surface area contributed by atoms with Crippen LogP contribution >= 0.6 is 0 Å². The highest BCUT2D eigenvalue weighted by atomic mass is 32.2. The number of rotatable bonds is 7. The molecule has 0 saturated heterocycles. The Morgan fingerprint density at radius 3 is 2.34 bits per heavy atom. The van der Waals surface area contributed by atoms with Gasteiger partial charge in [-0.1, -0.05) is 13.8 Å². The van der Waals surface area contributed by atoms with Gasteiger partial charge >= 0.3 is 5.97 Å². The molecule has 41 heavy (non-hydrogen) atoms. The molecule has 0 radical (unpaired) electrons. The molecule has 226 valence electrons. The van der Waals surface area contributed by atoms with E-state index in [4.69, 9.17) is 20.1 Å². The SMILES string of the molecule is CS(=O)(=O)O.Cc1nn(-c2ccc(C(N)=O)c(CC3CCC(OC(=O)CN(C)C)CC3)c2)c2c1C(=O)CC(C)(C)C2. The minimum absolute atomic E-state index is 0.0462. The molecule has 0 atom stereocenters. The molecule has 1 saturated carbocycles. The topological polar surface area (TPSA) is 162 Å². The number of primary amides is 1. The maximum atomic E-state index is 12.8. The summed E-state index contributed by atoms with van der Waals surface area (Å²) in [4.78, 5) is 38.9. The van der Waals surface area contributed by atoms with Crippen LogP contribution in [0.1, 0.15) is 83.6 Å². The van der Waals surface area contributed by atoms with Crippen LogP contribution in [-0.2, 0) is 32.5 Å². The second-order valence-electron chi connectivity index (χ2n) is 12.3. The zero-order valence-electron chi connectivity index (χ0n) is 24.8. The number of nitrogens with two attached hydrogens (primary N) is 1. The first kappa shape index (κ1) is 32.4. The fourth-order valence-corrected chi connectivity index (χ4v) is 5.72. The van der Waals surface area contributed by atoms with Crippen molar-refractivity contribution in [3.63, 3.8) is 0 Å². The molecule has 1 amide bonds. The summed E-state index contributed by atoms with van der Waals surface area (Å²) >= 11 is 0. The number of amides is 1. The van der Waals surface area contributed by atoms with Crippen LogP contribution in [0, 0.1) is 18.3 Å². The first-order valence-corrected chi connectivity index (χ1v) is 15.6. The van der Waals surface area contributed by atoms with E-state index in [1.807, 2.05) is 37.8 Å².